The summed E-state index contributed by atoms with van der Waals surface area (Å²) in [5.74, 6) is -0.115. The lowest BCUT2D eigenvalue weighted by molar-refractivity contribution is 0.0303. The standard InChI is InChI=1S/C19H22N2O4S/c1-15-6-8-18(9-7-15)26(23,24)20(2)17-5-3-4-16(14-17)19(22)21-10-12-25-13-11-21/h3-9,14H,10-13H2,1-2H3. The zero-order valence-electron chi connectivity index (χ0n) is 14.9. The van der Waals surface area contributed by atoms with Crippen LogP contribution in [0.4, 0.5) is 5.69 Å². The molecule has 7 heteroatoms. The lowest BCUT2D eigenvalue weighted by atomic mass is 10.1. The number of carbonyl (C=O) groups is 1. The number of sulfonamides is 1. The van der Waals surface area contributed by atoms with Gasteiger partial charge in [0, 0.05) is 25.7 Å². The first kappa shape index (κ1) is 18.4. The molecule has 0 N–H and O–H groups in total. The Balaban J connectivity index is 1.87. The molecule has 1 heterocycles. The third-order valence-electron chi connectivity index (χ3n) is 4.43. The van der Waals surface area contributed by atoms with Crippen LogP contribution in [-0.2, 0) is 14.8 Å². The van der Waals surface area contributed by atoms with Crippen LogP contribution in [0, 0.1) is 6.92 Å². The van der Waals surface area contributed by atoms with Crippen molar-refractivity contribution in [1.82, 2.24) is 4.90 Å². The van der Waals surface area contributed by atoms with E-state index in [0.29, 0.717) is 37.6 Å². The molecule has 2 aromatic rings. The highest BCUT2D eigenvalue weighted by Crippen LogP contribution is 2.24. The van der Waals surface area contributed by atoms with Crippen molar-refractivity contribution in [2.75, 3.05) is 37.7 Å². The van der Waals surface area contributed by atoms with Gasteiger partial charge in [0.2, 0.25) is 0 Å². The molecule has 0 atom stereocenters. The Morgan fingerprint density at radius 1 is 1.08 bits per heavy atom. The van der Waals surface area contributed by atoms with Crippen molar-refractivity contribution in [3.63, 3.8) is 0 Å². The fourth-order valence-corrected chi connectivity index (χ4v) is 3.98. The molecule has 1 aliphatic heterocycles. The molecular formula is C19H22N2O4S. The number of anilines is 1. The van der Waals surface area contributed by atoms with Gasteiger partial charge in [-0.2, -0.15) is 0 Å². The van der Waals surface area contributed by atoms with E-state index in [1.807, 2.05) is 6.92 Å². The molecule has 1 saturated heterocycles. The largest absolute Gasteiger partial charge is 0.378 e. The number of amides is 1. The Kier molecular flexibility index (Phi) is 5.29. The Labute approximate surface area is 154 Å². The molecule has 26 heavy (non-hydrogen) atoms. The van der Waals surface area contributed by atoms with Crippen molar-refractivity contribution in [1.29, 1.82) is 0 Å². The number of nitrogens with zero attached hydrogens (tertiary/aromatic N) is 2. The molecule has 0 aromatic heterocycles. The average Bonchev–Trinajstić information content (AvgIpc) is 2.68. The fourth-order valence-electron chi connectivity index (χ4n) is 2.79. The summed E-state index contributed by atoms with van der Waals surface area (Å²) in [5, 5.41) is 0. The summed E-state index contributed by atoms with van der Waals surface area (Å²) in [6.07, 6.45) is 0. The number of carbonyl (C=O) groups excluding carboxylic acids is 1. The van der Waals surface area contributed by atoms with Gasteiger partial charge in [-0.3, -0.25) is 9.10 Å². The van der Waals surface area contributed by atoms with Crippen LogP contribution >= 0.6 is 0 Å². The van der Waals surface area contributed by atoms with E-state index in [4.69, 9.17) is 4.74 Å². The van der Waals surface area contributed by atoms with Crippen LogP contribution in [0.25, 0.3) is 0 Å². The van der Waals surface area contributed by atoms with Gasteiger partial charge in [-0.1, -0.05) is 23.8 Å². The van der Waals surface area contributed by atoms with Gasteiger partial charge < -0.3 is 9.64 Å². The van der Waals surface area contributed by atoms with Crippen LogP contribution in [0.2, 0.25) is 0 Å². The van der Waals surface area contributed by atoms with Gasteiger partial charge in [0.1, 0.15) is 0 Å². The predicted molar refractivity (Wildman–Crippen MR) is 99.9 cm³/mol. The van der Waals surface area contributed by atoms with Crippen molar-refractivity contribution in [3.8, 4) is 0 Å². The molecule has 1 aliphatic rings. The van der Waals surface area contributed by atoms with Gasteiger partial charge in [-0.15, -0.1) is 0 Å². The van der Waals surface area contributed by atoms with Crippen molar-refractivity contribution in [3.05, 3.63) is 59.7 Å². The molecule has 2 aromatic carbocycles. The van der Waals surface area contributed by atoms with Gasteiger partial charge in [0.15, 0.2) is 0 Å². The Bertz CT molecular complexity index is 888. The summed E-state index contributed by atoms with van der Waals surface area (Å²) in [4.78, 5) is 14.6. The van der Waals surface area contributed by atoms with Crippen LogP contribution in [-0.4, -0.2) is 52.6 Å². The second kappa shape index (κ2) is 7.47. The van der Waals surface area contributed by atoms with E-state index in [1.165, 1.54) is 11.4 Å². The zero-order chi connectivity index (χ0) is 18.7. The van der Waals surface area contributed by atoms with E-state index in [9.17, 15) is 13.2 Å². The van der Waals surface area contributed by atoms with Crippen molar-refractivity contribution in [2.45, 2.75) is 11.8 Å². The quantitative estimate of drug-likeness (QED) is 0.824. The van der Waals surface area contributed by atoms with Gasteiger partial charge in [0.25, 0.3) is 15.9 Å². The van der Waals surface area contributed by atoms with E-state index < -0.39 is 10.0 Å². The van der Waals surface area contributed by atoms with Crippen molar-refractivity contribution < 1.29 is 17.9 Å². The van der Waals surface area contributed by atoms with Crippen LogP contribution in [0.3, 0.4) is 0 Å². The monoisotopic (exact) mass is 374 g/mol. The van der Waals surface area contributed by atoms with Gasteiger partial charge in [-0.25, -0.2) is 8.42 Å². The Morgan fingerprint density at radius 2 is 1.73 bits per heavy atom. The van der Waals surface area contributed by atoms with Crippen LogP contribution in [0.5, 0.6) is 0 Å². The Morgan fingerprint density at radius 3 is 2.38 bits per heavy atom. The number of hydrogen-bond donors (Lipinski definition) is 0. The highest BCUT2D eigenvalue weighted by Gasteiger charge is 2.23. The molecule has 3 rings (SSSR count). The summed E-state index contributed by atoms with van der Waals surface area (Å²) in [7, 11) is -2.19. The lowest BCUT2D eigenvalue weighted by Gasteiger charge is -2.27. The lowest BCUT2D eigenvalue weighted by Crippen LogP contribution is -2.40. The van der Waals surface area contributed by atoms with Crippen LogP contribution in [0.15, 0.2) is 53.4 Å². The SMILES string of the molecule is Cc1ccc(S(=O)(=O)N(C)c2cccc(C(=O)N3CCOCC3)c2)cc1. The van der Waals surface area contributed by atoms with Gasteiger partial charge in [-0.05, 0) is 37.3 Å². The molecule has 0 unspecified atom stereocenters. The van der Waals surface area contributed by atoms with E-state index in [-0.39, 0.29) is 10.8 Å². The molecule has 0 bridgehead atoms. The first-order valence-corrected chi connectivity index (χ1v) is 9.86. The highest BCUT2D eigenvalue weighted by atomic mass is 32.2. The zero-order valence-corrected chi connectivity index (χ0v) is 15.7. The van der Waals surface area contributed by atoms with Gasteiger partial charge >= 0.3 is 0 Å². The minimum Gasteiger partial charge on any atom is -0.378 e. The molecular weight excluding hydrogens is 352 g/mol. The predicted octanol–water partition coefficient (Wildman–Crippen LogP) is 2.29. The van der Waals surface area contributed by atoms with Crippen molar-refractivity contribution in [2.24, 2.45) is 0 Å². The van der Waals surface area contributed by atoms with E-state index >= 15 is 0 Å². The molecule has 6 nitrogen and oxygen atoms in total. The van der Waals surface area contributed by atoms with Crippen LogP contribution in [0.1, 0.15) is 15.9 Å². The summed E-state index contributed by atoms with van der Waals surface area (Å²) in [5.41, 5.74) is 1.91. The van der Waals surface area contributed by atoms with Crippen molar-refractivity contribution >= 4 is 21.6 Å². The third-order valence-corrected chi connectivity index (χ3v) is 6.23. The average molecular weight is 374 g/mol. The number of hydrogen-bond acceptors (Lipinski definition) is 4. The smallest absolute Gasteiger partial charge is 0.264 e. The first-order valence-electron chi connectivity index (χ1n) is 8.42. The van der Waals surface area contributed by atoms with E-state index in [1.54, 1.807) is 53.4 Å². The second-order valence-electron chi connectivity index (χ2n) is 6.24. The number of rotatable bonds is 4. The highest BCUT2D eigenvalue weighted by molar-refractivity contribution is 7.92. The summed E-state index contributed by atoms with van der Waals surface area (Å²) >= 11 is 0. The first-order chi connectivity index (χ1) is 12.4. The maximum absolute atomic E-state index is 12.8. The Hall–Kier alpha value is -2.38. The van der Waals surface area contributed by atoms with E-state index in [2.05, 4.69) is 0 Å². The second-order valence-corrected chi connectivity index (χ2v) is 8.21. The molecule has 0 aliphatic carbocycles. The van der Waals surface area contributed by atoms with Crippen LogP contribution < -0.4 is 4.31 Å². The summed E-state index contributed by atoms with van der Waals surface area (Å²) < 4.78 is 32.2. The van der Waals surface area contributed by atoms with Gasteiger partial charge in [0.05, 0.1) is 23.8 Å². The fraction of sp³-hybridized carbons (Fsp3) is 0.316. The number of benzene rings is 2. The molecule has 1 fully saturated rings. The topological polar surface area (TPSA) is 66.9 Å². The molecule has 0 spiro atoms. The number of aryl methyl sites for hydroxylation is 1. The molecule has 138 valence electrons. The third kappa shape index (κ3) is 3.73. The minimum atomic E-state index is -3.69. The summed E-state index contributed by atoms with van der Waals surface area (Å²) in [6, 6.07) is 13.4. The molecule has 0 radical (unpaired) electrons. The maximum Gasteiger partial charge on any atom is 0.264 e. The normalized spacial score (nSPS) is 14.9. The van der Waals surface area contributed by atoms with E-state index in [0.717, 1.165) is 5.56 Å². The number of morpholine rings is 1. The minimum absolute atomic E-state index is 0.115. The molecule has 1 amide bonds. The summed E-state index contributed by atoms with van der Waals surface area (Å²) in [6.45, 7) is 4.03. The molecule has 0 saturated carbocycles. The maximum atomic E-state index is 12.8. The number of ether oxygens (including phenoxy) is 1.